The van der Waals surface area contributed by atoms with Crippen molar-refractivity contribution in [2.75, 3.05) is 13.2 Å². The number of carboxylic acid groups (broad SMARTS) is 1. The van der Waals surface area contributed by atoms with Crippen molar-refractivity contribution in [3.05, 3.63) is 28.8 Å². The van der Waals surface area contributed by atoms with Crippen molar-refractivity contribution in [2.24, 2.45) is 5.92 Å². The summed E-state index contributed by atoms with van der Waals surface area (Å²) in [5.41, 5.74) is 1.94. The van der Waals surface area contributed by atoms with E-state index in [-0.39, 0.29) is 11.8 Å². The lowest BCUT2D eigenvalue weighted by Gasteiger charge is -2.16. The third-order valence-electron chi connectivity index (χ3n) is 3.42. The molecule has 1 aromatic carbocycles. The zero-order chi connectivity index (χ0) is 17.6. The van der Waals surface area contributed by atoms with Gasteiger partial charge in [-0.3, -0.25) is 4.79 Å². The van der Waals surface area contributed by atoms with Gasteiger partial charge in [-0.2, -0.15) is 0 Å². The van der Waals surface area contributed by atoms with E-state index in [9.17, 15) is 14.7 Å². The summed E-state index contributed by atoms with van der Waals surface area (Å²) in [4.78, 5) is 22.8. The molecule has 0 saturated carbocycles. The van der Waals surface area contributed by atoms with E-state index < -0.39 is 18.7 Å². The van der Waals surface area contributed by atoms with Crippen molar-refractivity contribution in [3.8, 4) is 5.75 Å². The lowest BCUT2D eigenvalue weighted by Crippen LogP contribution is -2.29. The van der Waals surface area contributed by atoms with Gasteiger partial charge in [-0.15, -0.1) is 0 Å². The maximum absolute atomic E-state index is 12.2. The number of hydrogen-bond acceptors (Lipinski definition) is 4. The first-order valence-electron chi connectivity index (χ1n) is 7.62. The Morgan fingerprint density at radius 3 is 2.26 bits per heavy atom. The van der Waals surface area contributed by atoms with E-state index in [4.69, 9.17) is 9.84 Å². The summed E-state index contributed by atoms with van der Waals surface area (Å²) in [5, 5.41) is 20.8. The van der Waals surface area contributed by atoms with Crippen LogP contribution in [0.25, 0.3) is 0 Å². The fourth-order valence-electron chi connectivity index (χ4n) is 2.48. The van der Waals surface area contributed by atoms with Crippen LogP contribution in [0.1, 0.15) is 41.8 Å². The minimum Gasteiger partial charge on any atom is -0.481 e. The summed E-state index contributed by atoms with van der Waals surface area (Å²) in [5.74, 6) is -0.568. The number of carbonyl (C=O) groups excluding carboxylic acids is 1. The molecule has 1 amide bonds. The maximum atomic E-state index is 12.2. The quantitative estimate of drug-likeness (QED) is 0.679. The van der Waals surface area contributed by atoms with Crippen LogP contribution in [0.4, 0.5) is 0 Å². The van der Waals surface area contributed by atoms with Gasteiger partial charge < -0.3 is 20.3 Å². The molecule has 0 spiro atoms. The second kappa shape index (κ2) is 8.53. The number of carboxylic acids is 1. The van der Waals surface area contributed by atoms with E-state index in [1.54, 1.807) is 32.9 Å². The van der Waals surface area contributed by atoms with Gasteiger partial charge in [0, 0.05) is 12.1 Å². The standard InChI is InChI=1S/C17H25NO5/c1-10(5-13(4)19)8-18-17(22)14-6-11(2)16(12(3)7-14)23-9-15(20)21/h6-7,10,13,19H,5,8-9H2,1-4H3,(H,18,22)(H,20,21). The monoisotopic (exact) mass is 323 g/mol. The van der Waals surface area contributed by atoms with Crippen LogP contribution in [0.3, 0.4) is 0 Å². The van der Waals surface area contributed by atoms with Crippen LogP contribution in [0.15, 0.2) is 12.1 Å². The van der Waals surface area contributed by atoms with Crippen molar-refractivity contribution < 1.29 is 24.5 Å². The molecule has 6 heteroatoms. The van der Waals surface area contributed by atoms with E-state index in [2.05, 4.69) is 5.32 Å². The smallest absolute Gasteiger partial charge is 0.341 e. The van der Waals surface area contributed by atoms with Gasteiger partial charge in [0.1, 0.15) is 5.75 Å². The van der Waals surface area contributed by atoms with Crippen LogP contribution in [0, 0.1) is 19.8 Å². The Morgan fingerprint density at radius 1 is 1.22 bits per heavy atom. The summed E-state index contributed by atoms with van der Waals surface area (Å²) in [6.07, 6.45) is 0.234. The zero-order valence-electron chi connectivity index (χ0n) is 14.0. The van der Waals surface area contributed by atoms with Gasteiger partial charge in [-0.1, -0.05) is 6.92 Å². The van der Waals surface area contributed by atoms with Gasteiger partial charge in [-0.25, -0.2) is 4.79 Å². The summed E-state index contributed by atoms with van der Waals surface area (Å²) < 4.78 is 5.25. The van der Waals surface area contributed by atoms with E-state index in [0.29, 0.717) is 35.4 Å². The number of aliphatic hydroxyl groups excluding tert-OH is 1. The molecular weight excluding hydrogens is 298 g/mol. The summed E-state index contributed by atoms with van der Waals surface area (Å²) in [6.45, 7) is 7.31. The molecule has 0 saturated heterocycles. The molecule has 0 fully saturated rings. The van der Waals surface area contributed by atoms with Gasteiger partial charge in [-0.05, 0) is 56.4 Å². The van der Waals surface area contributed by atoms with E-state index >= 15 is 0 Å². The molecule has 0 bridgehead atoms. The molecule has 0 aliphatic carbocycles. The Kier molecular flexibility index (Phi) is 7.03. The molecule has 2 atom stereocenters. The number of carbonyl (C=O) groups is 2. The van der Waals surface area contributed by atoms with Crippen molar-refractivity contribution in [1.82, 2.24) is 5.32 Å². The minimum absolute atomic E-state index is 0.180. The third-order valence-corrected chi connectivity index (χ3v) is 3.42. The highest BCUT2D eigenvalue weighted by atomic mass is 16.5. The number of aliphatic carboxylic acids is 1. The topological polar surface area (TPSA) is 95.9 Å². The highest BCUT2D eigenvalue weighted by Crippen LogP contribution is 2.24. The number of hydrogen-bond donors (Lipinski definition) is 3. The number of rotatable bonds is 8. The summed E-state index contributed by atoms with van der Waals surface area (Å²) in [7, 11) is 0. The molecule has 6 nitrogen and oxygen atoms in total. The number of amides is 1. The van der Waals surface area contributed by atoms with Crippen LogP contribution in [0.5, 0.6) is 5.75 Å². The fraction of sp³-hybridized carbons (Fsp3) is 0.529. The molecule has 0 radical (unpaired) electrons. The summed E-state index contributed by atoms with van der Waals surface area (Å²) in [6, 6.07) is 3.36. The van der Waals surface area contributed by atoms with Gasteiger partial charge in [0.05, 0.1) is 6.10 Å². The average molecular weight is 323 g/mol. The fourth-order valence-corrected chi connectivity index (χ4v) is 2.48. The lowest BCUT2D eigenvalue weighted by molar-refractivity contribution is -0.139. The predicted molar refractivity (Wildman–Crippen MR) is 86.8 cm³/mol. The van der Waals surface area contributed by atoms with E-state index in [0.717, 1.165) is 0 Å². The number of aryl methyl sites for hydroxylation is 2. The Labute approximate surface area is 136 Å². The molecule has 1 aromatic rings. The Balaban J connectivity index is 2.73. The highest BCUT2D eigenvalue weighted by molar-refractivity contribution is 5.94. The zero-order valence-corrected chi connectivity index (χ0v) is 14.0. The number of benzene rings is 1. The first-order chi connectivity index (χ1) is 10.7. The van der Waals surface area contributed by atoms with Crippen LogP contribution < -0.4 is 10.1 Å². The lowest BCUT2D eigenvalue weighted by atomic mass is 10.0. The molecule has 0 aliphatic rings. The molecular formula is C17H25NO5. The van der Waals surface area contributed by atoms with Crippen molar-refractivity contribution in [1.29, 1.82) is 0 Å². The van der Waals surface area contributed by atoms with Crippen LogP contribution in [-0.2, 0) is 4.79 Å². The average Bonchev–Trinajstić information content (AvgIpc) is 2.42. The first kappa shape index (κ1) is 19.0. The molecule has 0 aromatic heterocycles. The molecule has 0 aliphatic heterocycles. The normalized spacial score (nSPS) is 13.3. The van der Waals surface area contributed by atoms with Gasteiger partial charge >= 0.3 is 5.97 Å². The molecule has 128 valence electrons. The largest absolute Gasteiger partial charge is 0.481 e. The van der Waals surface area contributed by atoms with Crippen molar-refractivity contribution >= 4 is 11.9 Å². The van der Waals surface area contributed by atoms with Crippen LogP contribution in [-0.4, -0.2) is 41.3 Å². The second-order valence-corrected chi connectivity index (χ2v) is 6.02. The molecule has 3 N–H and O–H groups in total. The van der Waals surface area contributed by atoms with Crippen molar-refractivity contribution in [2.45, 2.75) is 40.2 Å². The minimum atomic E-state index is -1.04. The van der Waals surface area contributed by atoms with E-state index in [1.165, 1.54) is 0 Å². The van der Waals surface area contributed by atoms with Gasteiger partial charge in [0.2, 0.25) is 0 Å². The third kappa shape index (κ3) is 6.28. The second-order valence-electron chi connectivity index (χ2n) is 6.02. The molecule has 0 heterocycles. The Morgan fingerprint density at radius 2 is 1.78 bits per heavy atom. The number of aliphatic hydroxyl groups is 1. The predicted octanol–water partition coefficient (Wildman–Crippen LogP) is 1.90. The maximum Gasteiger partial charge on any atom is 0.341 e. The van der Waals surface area contributed by atoms with Gasteiger partial charge in [0.15, 0.2) is 6.61 Å². The summed E-state index contributed by atoms with van der Waals surface area (Å²) >= 11 is 0. The molecule has 1 rings (SSSR count). The SMILES string of the molecule is Cc1cc(C(=O)NCC(C)CC(C)O)cc(C)c1OCC(=O)O. The number of nitrogens with one attached hydrogen (secondary N) is 1. The van der Waals surface area contributed by atoms with E-state index in [1.807, 2.05) is 6.92 Å². The van der Waals surface area contributed by atoms with Crippen molar-refractivity contribution in [3.63, 3.8) is 0 Å². The Hall–Kier alpha value is -2.08. The first-order valence-corrected chi connectivity index (χ1v) is 7.62. The van der Waals surface area contributed by atoms with Gasteiger partial charge in [0.25, 0.3) is 5.91 Å². The molecule has 2 unspecified atom stereocenters. The Bertz CT molecular complexity index is 545. The van der Waals surface area contributed by atoms with Crippen LogP contribution >= 0.6 is 0 Å². The number of ether oxygens (including phenoxy) is 1. The molecule has 23 heavy (non-hydrogen) atoms. The highest BCUT2D eigenvalue weighted by Gasteiger charge is 2.14. The van der Waals surface area contributed by atoms with Crippen LogP contribution in [0.2, 0.25) is 0 Å².